The minimum absolute atomic E-state index is 0.155. The standard InChI is InChI=1S/C10H8F3NO/c11-10(12,13)9(15)14-6-8(14)7-4-2-1-3-5-7/h1-5,8H,6H2. The molecule has 1 aromatic carbocycles. The molecular weight excluding hydrogens is 207 g/mol. The second-order valence-electron chi connectivity index (χ2n) is 3.38. The molecule has 0 aromatic heterocycles. The lowest BCUT2D eigenvalue weighted by molar-refractivity contribution is -0.179. The van der Waals surface area contributed by atoms with E-state index in [4.69, 9.17) is 0 Å². The predicted molar refractivity (Wildman–Crippen MR) is 47.0 cm³/mol. The molecule has 15 heavy (non-hydrogen) atoms. The van der Waals surface area contributed by atoms with Gasteiger partial charge in [-0.2, -0.15) is 13.2 Å². The maximum Gasteiger partial charge on any atom is 0.471 e. The van der Waals surface area contributed by atoms with E-state index in [1.54, 1.807) is 30.3 Å². The molecule has 1 aliphatic heterocycles. The SMILES string of the molecule is O=C(N1CC1c1ccccc1)C(F)(F)F. The topological polar surface area (TPSA) is 20.1 Å². The number of benzene rings is 1. The predicted octanol–water partition coefficient (Wildman–Crippen LogP) is 2.13. The average molecular weight is 215 g/mol. The van der Waals surface area contributed by atoms with E-state index in [-0.39, 0.29) is 6.54 Å². The molecule has 0 saturated carbocycles. The lowest BCUT2D eigenvalue weighted by Gasteiger charge is -2.07. The third-order valence-corrected chi connectivity index (χ3v) is 2.30. The molecule has 0 aliphatic carbocycles. The molecule has 1 saturated heterocycles. The molecule has 1 aromatic rings. The molecule has 0 N–H and O–H groups in total. The first-order chi connectivity index (χ1) is 7.00. The highest BCUT2D eigenvalue weighted by Crippen LogP contribution is 2.38. The van der Waals surface area contributed by atoms with E-state index in [9.17, 15) is 18.0 Å². The van der Waals surface area contributed by atoms with E-state index in [0.29, 0.717) is 0 Å². The highest BCUT2D eigenvalue weighted by Gasteiger charge is 2.51. The summed E-state index contributed by atoms with van der Waals surface area (Å²) in [7, 11) is 0. The summed E-state index contributed by atoms with van der Waals surface area (Å²) in [6, 6.07) is 8.29. The highest BCUT2D eigenvalue weighted by molar-refractivity contribution is 5.84. The monoisotopic (exact) mass is 215 g/mol. The van der Waals surface area contributed by atoms with Gasteiger partial charge in [0.2, 0.25) is 0 Å². The molecule has 1 amide bonds. The van der Waals surface area contributed by atoms with E-state index in [0.717, 1.165) is 10.5 Å². The maximum absolute atomic E-state index is 12.0. The van der Waals surface area contributed by atoms with Crippen molar-refractivity contribution in [2.75, 3.05) is 6.54 Å². The zero-order valence-electron chi connectivity index (χ0n) is 7.66. The number of rotatable bonds is 1. The molecule has 1 unspecified atom stereocenters. The summed E-state index contributed by atoms with van der Waals surface area (Å²) in [5, 5.41) is 0. The Morgan fingerprint density at radius 3 is 2.40 bits per heavy atom. The van der Waals surface area contributed by atoms with Gasteiger partial charge in [0.1, 0.15) is 0 Å². The molecule has 0 radical (unpaired) electrons. The summed E-state index contributed by atoms with van der Waals surface area (Å²) < 4.78 is 36.1. The smallest absolute Gasteiger partial charge is 0.324 e. The molecule has 2 nitrogen and oxygen atoms in total. The molecule has 0 bridgehead atoms. The first-order valence-corrected chi connectivity index (χ1v) is 4.43. The Balaban J connectivity index is 2.06. The Hall–Kier alpha value is -1.52. The molecule has 2 rings (SSSR count). The second kappa shape index (κ2) is 3.25. The Morgan fingerprint density at radius 2 is 1.87 bits per heavy atom. The molecule has 1 atom stereocenters. The van der Waals surface area contributed by atoms with E-state index in [1.807, 2.05) is 0 Å². The lowest BCUT2D eigenvalue weighted by Crippen LogP contribution is -2.29. The molecule has 1 fully saturated rings. The van der Waals surface area contributed by atoms with Crippen molar-refractivity contribution in [3.05, 3.63) is 35.9 Å². The van der Waals surface area contributed by atoms with Gasteiger partial charge in [0.05, 0.1) is 6.04 Å². The third-order valence-electron chi connectivity index (χ3n) is 2.30. The number of halogens is 3. The van der Waals surface area contributed by atoms with Crippen molar-refractivity contribution in [3.8, 4) is 0 Å². The van der Waals surface area contributed by atoms with Crippen molar-refractivity contribution in [2.45, 2.75) is 12.2 Å². The normalized spacial score (nSPS) is 20.2. The molecule has 1 heterocycles. The van der Waals surface area contributed by atoms with Crippen LogP contribution in [0.25, 0.3) is 0 Å². The van der Waals surface area contributed by atoms with Gasteiger partial charge in [-0.15, -0.1) is 0 Å². The van der Waals surface area contributed by atoms with Crippen LogP contribution in [0, 0.1) is 0 Å². The Labute approximate surface area is 84.3 Å². The van der Waals surface area contributed by atoms with Gasteiger partial charge < -0.3 is 4.90 Å². The van der Waals surface area contributed by atoms with Gasteiger partial charge in [0.25, 0.3) is 0 Å². The fourth-order valence-corrected chi connectivity index (χ4v) is 1.49. The Morgan fingerprint density at radius 1 is 1.27 bits per heavy atom. The van der Waals surface area contributed by atoms with Gasteiger partial charge in [-0.25, -0.2) is 0 Å². The van der Waals surface area contributed by atoms with Crippen LogP contribution in [0.1, 0.15) is 11.6 Å². The van der Waals surface area contributed by atoms with Crippen molar-refractivity contribution in [3.63, 3.8) is 0 Å². The van der Waals surface area contributed by atoms with Crippen molar-refractivity contribution in [2.24, 2.45) is 0 Å². The fraction of sp³-hybridized carbons (Fsp3) is 0.300. The van der Waals surface area contributed by atoms with E-state index in [2.05, 4.69) is 0 Å². The molecule has 5 heteroatoms. The third kappa shape index (κ3) is 1.95. The van der Waals surface area contributed by atoms with E-state index >= 15 is 0 Å². The average Bonchev–Trinajstić information content (AvgIpc) is 2.96. The Bertz CT molecular complexity index is 374. The van der Waals surface area contributed by atoms with Crippen LogP contribution in [-0.2, 0) is 4.79 Å². The van der Waals surface area contributed by atoms with Gasteiger partial charge in [0.15, 0.2) is 0 Å². The first kappa shape index (κ1) is 10.0. The lowest BCUT2D eigenvalue weighted by atomic mass is 10.2. The molecule has 0 spiro atoms. The van der Waals surface area contributed by atoms with Crippen LogP contribution in [0.2, 0.25) is 0 Å². The number of alkyl halides is 3. The number of carbonyl (C=O) groups is 1. The highest BCUT2D eigenvalue weighted by atomic mass is 19.4. The summed E-state index contributed by atoms with van der Waals surface area (Å²) in [4.78, 5) is 11.6. The van der Waals surface area contributed by atoms with Crippen LogP contribution in [0.4, 0.5) is 13.2 Å². The minimum atomic E-state index is -4.76. The van der Waals surface area contributed by atoms with Gasteiger partial charge >= 0.3 is 12.1 Å². The Kier molecular flexibility index (Phi) is 2.17. The van der Waals surface area contributed by atoms with Gasteiger partial charge in [-0.3, -0.25) is 4.79 Å². The number of carbonyl (C=O) groups excluding carboxylic acids is 1. The van der Waals surface area contributed by atoms with E-state index < -0.39 is 18.1 Å². The minimum Gasteiger partial charge on any atom is -0.324 e. The second-order valence-corrected chi connectivity index (χ2v) is 3.38. The summed E-state index contributed by atoms with van der Waals surface area (Å²) in [5.74, 6) is -1.75. The van der Waals surface area contributed by atoms with Gasteiger partial charge in [0, 0.05) is 6.54 Å². The van der Waals surface area contributed by atoms with Gasteiger partial charge in [-0.1, -0.05) is 30.3 Å². The maximum atomic E-state index is 12.0. The fourth-order valence-electron chi connectivity index (χ4n) is 1.49. The molecular formula is C10H8F3NO. The van der Waals surface area contributed by atoms with Crippen LogP contribution in [0.3, 0.4) is 0 Å². The first-order valence-electron chi connectivity index (χ1n) is 4.43. The number of amides is 1. The quantitative estimate of drug-likeness (QED) is 0.657. The van der Waals surface area contributed by atoms with Crippen molar-refractivity contribution < 1.29 is 18.0 Å². The summed E-state index contributed by atoms with van der Waals surface area (Å²) >= 11 is 0. The summed E-state index contributed by atoms with van der Waals surface area (Å²) in [5.41, 5.74) is 0.745. The van der Waals surface area contributed by atoms with Crippen LogP contribution >= 0.6 is 0 Å². The summed E-state index contributed by atoms with van der Waals surface area (Å²) in [6.45, 7) is 0.155. The largest absolute Gasteiger partial charge is 0.471 e. The van der Waals surface area contributed by atoms with Crippen LogP contribution in [-0.4, -0.2) is 23.5 Å². The van der Waals surface area contributed by atoms with E-state index in [1.165, 1.54) is 0 Å². The zero-order chi connectivity index (χ0) is 11.1. The zero-order valence-corrected chi connectivity index (χ0v) is 7.66. The summed E-state index contributed by atoms with van der Waals surface area (Å²) in [6.07, 6.45) is -4.76. The van der Waals surface area contributed by atoms with Crippen molar-refractivity contribution in [1.82, 2.24) is 4.90 Å². The van der Waals surface area contributed by atoms with Crippen LogP contribution in [0.5, 0.6) is 0 Å². The van der Waals surface area contributed by atoms with Crippen LogP contribution < -0.4 is 0 Å². The van der Waals surface area contributed by atoms with Gasteiger partial charge in [-0.05, 0) is 5.56 Å². The van der Waals surface area contributed by atoms with Crippen molar-refractivity contribution in [1.29, 1.82) is 0 Å². The van der Waals surface area contributed by atoms with Crippen LogP contribution in [0.15, 0.2) is 30.3 Å². The number of hydrogen-bond acceptors (Lipinski definition) is 1. The number of nitrogens with zero attached hydrogens (tertiary/aromatic N) is 1. The molecule has 1 aliphatic rings. The number of hydrogen-bond donors (Lipinski definition) is 0. The van der Waals surface area contributed by atoms with Crippen molar-refractivity contribution >= 4 is 5.91 Å². The molecule has 80 valence electrons.